The Kier molecular flexibility index (Phi) is 8.41. The van der Waals surface area contributed by atoms with Crippen molar-refractivity contribution < 1.29 is 19.0 Å². The van der Waals surface area contributed by atoms with Crippen LogP contribution in [0, 0.1) is 46.3 Å². The van der Waals surface area contributed by atoms with E-state index in [2.05, 4.69) is 40.7 Å². The summed E-state index contributed by atoms with van der Waals surface area (Å²) in [5.74, 6) is 6.26. The van der Waals surface area contributed by atoms with Crippen LogP contribution in [0.25, 0.3) is 0 Å². The average Bonchev–Trinajstić information content (AvgIpc) is 3.26. The number of methoxy groups -OCH3 is 1. The van der Waals surface area contributed by atoms with Gasteiger partial charge in [0.15, 0.2) is 0 Å². The molecule has 8 atom stereocenters. The third kappa shape index (κ3) is 5.64. The Hall–Kier alpha value is -1.97. The summed E-state index contributed by atoms with van der Waals surface area (Å²) < 4.78 is 16.5. The lowest BCUT2D eigenvalue weighted by molar-refractivity contribution is -0.0597. The zero-order valence-electron chi connectivity index (χ0n) is 25.3. The first-order chi connectivity index (χ1) is 18.6. The van der Waals surface area contributed by atoms with Crippen LogP contribution in [0.2, 0.25) is 0 Å². The second kappa shape index (κ2) is 11.5. The molecule has 3 fully saturated rings. The molecular weight excluding hydrogens is 484 g/mol. The third-order valence-electron chi connectivity index (χ3n) is 11.8. The molecule has 4 aliphatic rings. The van der Waals surface area contributed by atoms with E-state index in [1.165, 1.54) is 56.9 Å². The predicted molar refractivity (Wildman–Crippen MR) is 157 cm³/mol. The first-order valence-electron chi connectivity index (χ1n) is 15.9. The van der Waals surface area contributed by atoms with Crippen molar-refractivity contribution in [1.29, 1.82) is 0 Å². The fourth-order valence-electron chi connectivity index (χ4n) is 9.65. The standard InChI is InChI=1S/C35H52O4/c1-23(2)8-7-9-24(3)30-16-17-31-29-15-10-25-22-28(18-20-34(25,4)32(29)19-21-35(30,31)5)39-33(36)38-27-13-11-26(37-6)12-14-27/h10-14,23-24,28-32H,7-9,15-22H2,1-6H3. The number of hydrogen-bond acceptors (Lipinski definition) is 4. The lowest BCUT2D eigenvalue weighted by Crippen LogP contribution is -2.51. The average molecular weight is 537 g/mol. The van der Waals surface area contributed by atoms with E-state index in [9.17, 15) is 4.79 Å². The monoisotopic (exact) mass is 536 g/mol. The minimum Gasteiger partial charge on any atom is -0.497 e. The maximum absolute atomic E-state index is 12.6. The van der Waals surface area contributed by atoms with Crippen molar-refractivity contribution in [2.45, 2.75) is 111 Å². The maximum Gasteiger partial charge on any atom is 0.514 e. The van der Waals surface area contributed by atoms with Gasteiger partial charge in [0.2, 0.25) is 0 Å². The van der Waals surface area contributed by atoms with Crippen LogP contribution < -0.4 is 9.47 Å². The highest BCUT2D eigenvalue weighted by atomic mass is 16.7. The van der Waals surface area contributed by atoms with E-state index in [1.807, 2.05) is 0 Å². The molecule has 1 aromatic rings. The van der Waals surface area contributed by atoms with Crippen molar-refractivity contribution in [2.75, 3.05) is 7.11 Å². The summed E-state index contributed by atoms with van der Waals surface area (Å²) in [5.41, 5.74) is 2.31. The van der Waals surface area contributed by atoms with Crippen LogP contribution in [0.5, 0.6) is 11.5 Å². The van der Waals surface area contributed by atoms with Gasteiger partial charge in [-0.3, -0.25) is 0 Å². The van der Waals surface area contributed by atoms with Gasteiger partial charge in [-0.1, -0.05) is 65.5 Å². The summed E-state index contributed by atoms with van der Waals surface area (Å²) >= 11 is 0. The van der Waals surface area contributed by atoms with Crippen LogP contribution in [-0.4, -0.2) is 19.4 Å². The molecule has 39 heavy (non-hydrogen) atoms. The Balaban J connectivity index is 1.20. The van der Waals surface area contributed by atoms with E-state index in [0.717, 1.165) is 60.5 Å². The Morgan fingerprint density at radius 1 is 0.949 bits per heavy atom. The van der Waals surface area contributed by atoms with Gasteiger partial charge in [0.1, 0.15) is 17.6 Å². The number of carbonyl (C=O) groups excluding carboxylic acids is 1. The largest absolute Gasteiger partial charge is 0.514 e. The highest BCUT2D eigenvalue weighted by Gasteiger charge is 2.59. The van der Waals surface area contributed by atoms with Crippen LogP contribution in [-0.2, 0) is 4.74 Å². The number of benzene rings is 1. The third-order valence-corrected chi connectivity index (χ3v) is 11.8. The summed E-state index contributed by atoms with van der Waals surface area (Å²) in [6, 6.07) is 7.04. The zero-order chi connectivity index (χ0) is 27.8. The summed E-state index contributed by atoms with van der Waals surface area (Å²) in [4.78, 5) is 12.6. The lowest BCUT2D eigenvalue weighted by Gasteiger charge is -2.58. The Bertz CT molecular complexity index is 1030. The number of rotatable bonds is 8. The molecule has 0 amide bonds. The summed E-state index contributed by atoms with van der Waals surface area (Å²) in [7, 11) is 1.62. The van der Waals surface area contributed by atoms with Crippen molar-refractivity contribution in [3.8, 4) is 11.5 Å². The molecular formula is C35H52O4. The zero-order valence-corrected chi connectivity index (χ0v) is 25.3. The van der Waals surface area contributed by atoms with Crippen LogP contribution in [0.4, 0.5) is 4.79 Å². The van der Waals surface area contributed by atoms with Gasteiger partial charge in [0.05, 0.1) is 7.11 Å². The molecule has 0 bridgehead atoms. The molecule has 0 aliphatic heterocycles. The van der Waals surface area contributed by atoms with Gasteiger partial charge in [-0.25, -0.2) is 4.79 Å². The topological polar surface area (TPSA) is 44.8 Å². The molecule has 4 nitrogen and oxygen atoms in total. The quantitative estimate of drug-likeness (QED) is 0.188. The van der Waals surface area contributed by atoms with Gasteiger partial charge in [0, 0.05) is 6.42 Å². The fraction of sp³-hybridized carbons (Fsp3) is 0.743. The summed E-state index contributed by atoms with van der Waals surface area (Å²) in [6.07, 6.45) is 15.8. The minimum atomic E-state index is -0.601. The van der Waals surface area contributed by atoms with Crippen molar-refractivity contribution in [3.05, 3.63) is 35.9 Å². The van der Waals surface area contributed by atoms with Gasteiger partial charge in [-0.05, 0) is 116 Å². The molecule has 5 rings (SSSR count). The van der Waals surface area contributed by atoms with Gasteiger partial charge in [-0.2, -0.15) is 0 Å². The first kappa shape index (κ1) is 28.6. The predicted octanol–water partition coefficient (Wildman–Crippen LogP) is 9.62. The van der Waals surface area contributed by atoms with Crippen molar-refractivity contribution >= 4 is 6.16 Å². The van der Waals surface area contributed by atoms with E-state index in [4.69, 9.17) is 14.2 Å². The highest BCUT2D eigenvalue weighted by Crippen LogP contribution is 2.67. The smallest absolute Gasteiger partial charge is 0.497 e. The van der Waals surface area contributed by atoms with Crippen LogP contribution >= 0.6 is 0 Å². The van der Waals surface area contributed by atoms with Gasteiger partial charge >= 0.3 is 6.16 Å². The van der Waals surface area contributed by atoms with E-state index >= 15 is 0 Å². The van der Waals surface area contributed by atoms with E-state index in [0.29, 0.717) is 11.2 Å². The van der Waals surface area contributed by atoms with E-state index in [-0.39, 0.29) is 11.5 Å². The molecule has 4 aliphatic carbocycles. The number of carbonyl (C=O) groups is 1. The maximum atomic E-state index is 12.6. The van der Waals surface area contributed by atoms with Crippen LogP contribution in [0.15, 0.2) is 35.9 Å². The molecule has 4 heteroatoms. The van der Waals surface area contributed by atoms with Crippen molar-refractivity contribution in [1.82, 2.24) is 0 Å². The second-order valence-electron chi connectivity index (χ2n) is 14.3. The molecule has 0 spiro atoms. The van der Waals surface area contributed by atoms with Gasteiger partial charge in [-0.15, -0.1) is 0 Å². The number of ether oxygens (including phenoxy) is 3. The highest BCUT2D eigenvalue weighted by molar-refractivity contribution is 5.64. The number of allylic oxidation sites excluding steroid dienone is 1. The second-order valence-corrected chi connectivity index (χ2v) is 14.3. The number of hydrogen-bond donors (Lipinski definition) is 0. The summed E-state index contributed by atoms with van der Waals surface area (Å²) in [6.45, 7) is 12.5. The minimum absolute atomic E-state index is 0.0944. The fourth-order valence-corrected chi connectivity index (χ4v) is 9.65. The lowest BCUT2D eigenvalue weighted by atomic mass is 9.47. The van der Waals surface area contributed by atoms with E-state index in [1.54, 1.807) is 31.4 Å². The molecule has 8 unspecified atom stereocenters. The van der Waals surface area contributed by atoms with Gasteiger partial charge < -0.3 is 14.2 Å². The van der Waals surface area contributed by atoms with E-state index < -0.39 is 6.16 Å². The molecule has 216 valence electrons. The number of fused-ring (bicyclic) bond motifs is 5. The molecule has 0 N–H and O–H groups in total. The molecule has 0 aromatic heterocycles. The molecule has 0 heterocycles. The van der Waals surface area contributed by atoms with Crippen LogP contribution in [0.1, 0.15) is 105 Å². The van der Waals surface area contributed by atoms with Crippen molar-refractivity contribution in [3.63, 3.8) is 0 Å². The Morgan fingerprint density at radius 3 is 2.41 bits per heavy atom. The SMILES string of the molecule is COc1ccc(OC(=O)OC2CCC3(C)C(=CCC4C3CCC3(C)C(C(C)CCCC(C)C)CCC43)C2)cc1. The molecule has 1 aromatic carbocycles. The summed E-state index contributed by atoms with van der Waals surface area (Å²) in [5, 5.41) is 0. The Labute approximate surface area is 237 Å². The molecule has 0 radical (unpaired) electrons. The Morgan fingerprint density at radius 2 is 1.69 bits per heavy atom. The molecule has 3 saturated carbocycles. The van der Waals surface area contributed by atoms with Crippen molar-refractivity contribution in [2.24, 2.45) is 46.3 Å². The first-order valence-corrected chi connectivity index (χ1v) is 15.9. The van der Waals surface area contributed by atoms with Gasteiger partial charge in [0.25, 0.3) is 0 Å². The normalized spacial score (nSPS) is 36.3. The molecule has 0 saturated heterocycles. The van der Waals surface area contributed by atoms with Crippen LogP contribution in [0.3, 0.4) is 0 Å².